The number of hydrogen-bond acceptors (Lipinski definition) is 2. The first-order valence-electron chi connectivity index (χ1n) is 9.58. The highest BCUT2D eigenvalue weighted by Crippen LogP contribution is 2.38. The first-order valence-corrected chi connectivity index (χ1v) is 9.58. The third kappa shape index (κ3) is 6.17. The first kappa shape index (κ1) is 18.2. The zero-order valence-corrected chi connectivity index (χ0v) is 15.1. The number of likely N-dealkylation sites (tertiary alicyclic amines) is 1. The summed E-state index contributed by atoms with van der Waals surface area (Å²) in [5.74, 6) is 0.832. The fraction of sp³-hybridized carbons (Fsp3) is 1.00. The molecular formula is C19H38NO2+. The first-order chi connectivity index (χ1) is 10.4. The maximum atomic E-state index is 10.3. The van der Waals surface area contributed by atoms with Gasteiger partial charge in [-0.25, -0.2) is 0 Å². The SMILES string of the molecule is CC(C)(C)C1CCC(OC[C@@H](O)C[NH+]2CCCCCC2)CC1. The number of hydrogen-bond donors (Lipinski definition) is 2. The van der Waals surface area contributed by atoms with E-state index in [1.807, 2.05) is 0 Å². The summed E-state index contributed by atoms with van der Waals surface area (Å²) >= 11 is 0. The minimum absolute atomic E-state index is 0.284. The Kier molecular flexibility index (Phi) is 7.17. The highest BCUT2D eigenvalue weighted by molar-refractivity contribution is 4.81. The van der Waals surface area contributed by atoms with Crippen LogP contribution in [0.25, 0.3) is 0 Å². The largest absolute Gasteiger partial charge is 0.385 e. The third-order valence-electron chi connectivity index (χ3n) is 5.76. The van der Waals surface area contributed by atoms with Crippen LogP contribution in [0.15, 0.2) is 0 Å². The summed E-state index contributed by atoms with van der Waals surface area (Å²) in [5, 5.41) is 10.3. The van der Waals surface area contributed by atoms with Gasteiger partial charge in [-0.1, -0.05) is 20.8 Å². The smallest absolute Gasteiger partial charge is 0.126 e. The molecule has 3 nitrogen and oxygen atoms in total. The van der Waals surface area contributed by atoms with Crippen molar-refractivity contribution < 1.29 is 14.7 Å². The molecule has 0 unspecified atom stereocenters. The van der Waals surface area contributed by atoms with E-state index in [-0.39, 0.29) is 6.10 Å². The lowest BCUT2D eigenvalue weighted by atomic mass is 9.72. The van der Waals surface area contributed by atoms with Gasteiger partial charge in [-0.3, -0.25) is 0 Å². The Bertz CT molecular complexity index is 297. The lowest BCUT2D eigenvalue weighted by molar-refractivity contribution is -0.902. The van der Waals surface area contributed by atoms with Gasteiger partial charge in [-0.2, -0.15) is 0 Å². The van der Waals surface area contributed by atoms with Crippen LogP contribution in [0.2, 0.25) is 0 Å². The molecule has 2 fully saturated rings. The molecule has 0 aromatic rings. The van der Waals surface area contributed by atoms with Crippen LogP contribution in [0.4, 0.5) is 0 Å². The Balaban J connectivity index is 1.61. The molecule has 0 aromatic carbocycles. The van der Waals surface area contributed by atoms with Crippen LogP contribution in [0, 0.1) is 11.3 Å². The topological polar surface area (TPSA) is 33.9 Å². The van der Waals surface area contributed by atoms with Crippen LogP contribution in [-0.2, 0) is 4.74 Å². The molecular weight excluding hydrogens is 274 g/mol. The van der Waals surface area contributed by atoms with Gasteiger partial charge in [0.1, 0.15) is 12.6 Å². The highest BCUT2D eigenvalue weighted by Gasteiger charge is 2.30. The van der Waals surface area contributed by atoms with Gasteiger partial charge in [0.05, 0.1) is 25.8 Å². The number of aliphatic hydroxyl groups is 1. The van der Waals surface area contributed by atoms with Gasteiger partial charge in [0.25, 0.3) is 0 Å². The Morgan fingerprint density at radius 2 is 1.59 bits per heavy atom. The second-order valence-electron chi connectivity index (χ2n) is 8.70. The molecule has 2 N–H and O–H groups in total. The zero-order chi connectivity index (χ0) is 16.0. The molecule has 0 spiro atoms. The standard InChI is InChI=1S/C19H37NO2/c1-19(2,3)16-8-10-18(11-9-16)22-15-17(21)14-20-12-6-4-5-7-13-20/h16-18,21H,4-15H2,1-3H3/p+1/t16?,17-,18?/m0/s1. The molecule has 1 aliphatic carbocycles. The maximum Gasteiger partial charge on any atom is 0.126 e. The van der Waals surface area contributed by atoms with Crippen LogP contribution in [0.1, 0.15) is 72.1 Å². The van der Waals surface area contributed by atoms with Gasteiger partial charge in [0.2, 0.25) is 0 Å². The van der Waals surface area contributed by atoms with Crippen LogP contribution in [0.5, 0.6) is 0 Å². The molecule has 130 valence electrons. The summed E-state index contributed by atoms with van der Waals surface area (Å²) in [7, 11) is 0. The van der Waals surface area contributed by atoms with Crippen LogP contribution in [-0.4, -0.2) is 43.6 Å². The van der Waals surface area contributed by atoms with E-state index in [4.69, 9.17) is 4.74 Å². The van der Waals surface area contributed by atoms with E-state index < -0.39 is 0 Å². The molecule has 0 amide bonds. The summed E-state index contributed by atoms with van der Waals surface area (Å²) in [6.07, 6.45) is 10.4. The second-order valence-corrected chi connectivity index (χ2v) is 8.70. The average Bonchev–Trinajstić information content (AvgIpc) is 2.73. The third-order valence-corrected chi connectivity index (χ3v) is 5.76. The zero-order valence-electron chi connectivity index (χ0n) is 15.1. The number of quaternary nitrogens is 1. The van der Waals surface area contributed by atoms with Gasteiger partial charge < -0.3 is 14.7 Å². The van der Waals surface area contributed by atoms with E-state index in [1.165, 1.54) is 64.5 Å². The lowest BCUT2D eigenvalue weighted by Crippen LogP contribution is -3.13. The predicted octanol–water partition coefficient (Wildman–Crippen LogP) is 2.43. The number of ether oxygens (including phenoxy) is 1. The van der Waals surface area contributed by atoms with Crippen molar-refractivity contribution in [3.05, 3.63) is 0 Å². The van der Waals surface area contributed by atoms with E-state index in [9.17, 15) is 5.11 Å². The van der Waals surface area contributed by atoms with Crippen molar-refractivity contribution in [2.45, 2.75) is 84.3 Å². The number of aliphatic hydroxyl groups excluding tert-OH is 1. The summed E-state index contributed by atoms with van der Waals surface area (Å²) in [4.78, 5) is 1.57. The second kappa shape index (κ2) is 8.65. The van der Waals surface area contributed by atoms with Crippen molar-refractivity contribution in [1.82, 2.24) is 0 Å². The quantitative estimate of drug-likeness (QED) is 0.817. The monoisotopic (exact) mass is 312 g/mol. The van der Waals surface area contributed by atoms with Crippen LogP contribution >= 0.6 is 0 Å². The molecule has 0 aromatic heterocycles. The van der Waals surface area contributed by atoms with E-state index in [2.05, 4.69) is 20.8 Å². The molecule has 1 heterocycles. The highest BCUT2D eigenvalue weighted by atomic mass is 16.5. The summed E-state index contributed by atoms with van der Waals surface area (Å²) in [6, 6.07) is 0. The number of rotatable bonds is 5. The van der Waals surface area contributed by atoms with Crippen LogP contribution < -0.4 is 4.90 Å². The summed E-state index contributed by atoms with van der Waals surface area (Å²) in [6.45, 7) is 10.9. The molecule has 2 rings (SSSR count). The van der Waals surface area contributed by atoms with E-state index in [0.717, 1.165) is 12.5 Å². The fourth-order valence-electron chi connectivity index (χ4n) is 4.17. The van der Waals surface area contributed by atoms with E-state index in [1.54, 1.807) is 4.90 Å². The van der Waals surface area contributed by atoms with Crippen molar-refractivity contribution in [1.29, 1.82) is 0 Å². The molecule has 1 aliphatic heterocycles. The van der Waals surface area contributed by atoms with Gasteiger partial charge in [0, 0.05) is 0 Å². The lowest BCUT2D eigenvalue weighted by Gasteiger charge is -2.37. The van der Waals surface area contributed by atoms with Gasteiger partial charge in [-0.15, -0.1) is 0 Å². The Morgan fingerprint density at radius 3 is 2.14 bits per heavy atom. The molecule has 0 radical (unpaired) electrons. The van der Waals surface area contributed by atoms with Crippen molar-refractivity contribution in [3.63, 3.8) is 0 Å². The summed E-state index contributed by atoms with van der Waals surface area (Å²) in [5.41, 5.74) is 0.431. The van der Waals surface area contributed by atoms with Crippen LogP contribution in [0.3, 0.4) is 0 Å². The van der Waals surface area contributed by atoms with Crippen molar-refractivity contribution in [2.24, 2.45) is 11.3 Å². The molecule has 3 heteroatoms. The van der Waals surface area contributed by atoms with E-state index >= 15 is 0 Å². The normalized spacial score (nSPS) is 30.0. The molecule has 22 heavy (non-hydrogen) atoms. The molecule has 1 atom stereocenters. The molecule has 1 saturated heterocycles. The molecule has 0 bridgehead atoms. The average molecular weight is 313 g/mol. The minimum Gasteiger partial charge on any atom is -0.385 e. The maximum absolute atomic E-state index is 10.3. The van der Waals surface area contributed by atoms with Crippen molar-refractivity contribution in [3.8, 4) is 0 Å². The summed E-state index contributed by atoms with van der Waals surface area (Å²) < 4.78 is 6.02. The van der Waals surface area contributed by atoms with Gasteiger partial charge in [-0.05, 0) is 62.7 Å². The molecule has 2 aliphatic rings. The predicted molar refractivity (Wildman–Crippen MR) is 91.2 cm³/mol. The fourth-order valence-corrected chi connectivity index (χ4v) is 4.17. The van der Waals surface area contributed by atoms with Crippen molar-refractivity contribution in [2.75, 3.05) is 26.2 Å². The van der Waals surface area contributed by atoms with Crippen molar-refractivity contribution >= 4 is 0 Å². The van der Waals surface area contributed by atoms with Gasteiger partial charge >= 0.3 is 0 Å². The number of nitrogens with one attached hydrogen (secondary N) is 1. The Hall–Kier alpha value is -0.120. The van der Waals surface area contributed by atoms with E-state index in [0.29, 0.717) is 18.1 Å². The Morgan fingerprint density at radius 1 is 1.00 bits per heavy atom. The Labute approximate surface area is 137 Å². The molecule has 1 saturated carbocycles. The minimum atomic E-state index is -0.284. The van der Waals surface area contributed by atoms with Gasteiger partial charge in [0.15, 0.2) is 0 Å².